The Hall–Kier alpha value is -3.87. The largest absolute Gasteiger partial charge is 0.359 e. The molecule has 2 N–H and O–H groups in total. The first-order valence-corrected chi connectivity index (χ1v) is 9.42. The molecule has 7 heteroatoms. The second-order valence-electron chi connectivity index (χ2n) is 7.15. The van der Waals surface area contributed by atoms with Crippen molar-refractivity contribution in [1.29, 1.82) is 0 Å². The third-order valence-electron chi connectivity index (χ3n) is 5.07. The normalized spacial score (nSPS) is 11.3. The number of aromatic nitrogens is 5. The summed E-state index contributed by atoms with van der Waals surface area (Å²) in [5, 5.41) is 5.11. The summed E-state index contributed by atoms with van der Waals surface area (Å²) in [6.07, 6.45) is 9.36. The average Bonchev–Trinajstić information content (AvgIpc) is 3.46. The molecule has 4 heterocycles. The van der Waals surface area contributed by atoms with Crippen LogP contribution >= 0.6 is 0 Å². The zero-order chi connectivity index (χ0) is 19.8. The van der Waals surface area contributed by atoms with E-state index in [1.807, 2.05) is 42.2 Å². The SMILES string of the molecule is Cn1cnc(Cn2ccc3ccc(CNC(=O)c4nccc5cc[nH]c45)cc32)c1. The third-order valence-corrected chi connectivity index (χ3v) is 5.07. The quantitative estimate of drug-likeness (QED) is 0.488. The molecule has 4 aromatic heterocycles. The number of benzene rings is 1. The Kier molecular flexibility index (Phi) is 4.13. The molecule has 7 nitrogen and oxygen atoms in total. The van der Waals surface area contributed by atoms with Crippen molar-refractivity contribution >= 4 is 27.7 Å². The van der Waals surface area contributed by atoms with Gasteiger partial charge in [0.1, 0.15) is 0 Å². The van der Waals surface area contributed by atoms with E-state index >= 15 is 0 Å². The number of pyridine rings is 1. The summed E-state index contributed by atoms with van der Waals surface area (Å²) in [6.45, 7) is 1.14. The fourth-order valence-corrected chi connectivity index (χ4v) is 3.62. The van der Waals surface area contributed by atoms with Gasteiger partial charge in [0.05, 0.1) is 24.1 Å². The van der Waals surface area contributed by atoms with Crippen LogP contribution in [0.3, 0.4) is 0 Å². The number of nitrogens with zero attached hydrogens (tertiary/aromatic N) is 4. The summed E-state index contributed by atoms with van der Waals surface area (Å²) >= 11 is 0. The van der Waals surface area contributed by atoms with Gasteiger partial charge in [0, 0.05) is 49.3 Å². The minimum atomic E-state index is -0.193. The van der Waals surface area contributed by atoms with E-state index in [4.69, 9.17) is 0 Å². The van der Waals surface area contributed by atoms with Crippen molar-refractivity contribution < 1.29 is 4.79 Å². The number of aromatic amines is 1. The number of fused-ring (bicyclic) bond motifs is 2. The number of amides is 1. The molecule has 1 aromatic carbocycles. The zero-order valence-corrected chi connectivity index (χ0v) is 16.0. The van der Waals surface area contributed by atoms with Crippen molar-refractivity contribution in [3.05, 3.63) is 84.5 Å². The molecule has 0 spiro atoms. The summed E-state index contributed by atoms with van der Waals surface area (Å²) in [7, 11) is 1.97. The average molecular weight is 384 g/mol. The molecule has 0 atom stereocenters. The maximum Gasteiger partial charge on any atom is 0.272 e. The van der Waals surface area contributed by atoms with Crippen molar-refractivity contribution in [2.24, 2.45) is 7.05 Å². The molecule has 1 amide bonds. The van der Waals surface area contributed by atoms with E-state index in [2.05, 4.69) is 49.2 Å². The molecule has 0 radical (unpaired) electrons. The van der Waals surface area contributed by atoms with Gasteiger partial charge in [0.25, 0.3) is 5.91 Å². The summed E-state index contributed by atoms with van der Waals surface area (Å²) < 4.78 is 4.12. The Bertz CT molecular complexity index is 1330. The molecular formula is C22H20N6O. The molecule has 0 aliphatic carbocycles. The van der Waals surface area contributed by atoms with Gasteiger partial charge in [-0.2, -0.15) is 0 Å². The number of hydrogen-bond acceptors (Lipinski definition) is 3. The standard InChI is InChI=1S/C22H20N6O/c1-27-12-18(26-14-27)13-28-9-6-16-3-2-15(10-19(16)28)11-25-22(29)21-20-17(4-7-23-20)5-8-24-21/h2-10,12,14,23H,11,13H2,1H3,(H,25,29). The number of nitrogens with one attached hydrogen (secondary N) is 2. The van der Waals surface area contributed by atoms with Crippen LogP contribution in [-0.2, 0) is 20.1 Å². The van der Waals surface area contributed by atoms with Crippen LogP contribution in [0.1, 0.15) is 21.7 Å². The van der Waals surface area contributed by atoms with Gasteiger partial charge in [0.2, 0.25) is 0 Å². The van der Waals surface area contributed by atoms with Gasteiger partial charge in [-0.05, 0) is 35.2 Å². The molecule has 5 aromatic rings. The smallest absolute Gasteiger partial charge is 0.272 e. The number of carbonyl (C=O) groups is 1. The molecule has 5 rings (SSSR count). The van der Waals surface area contributed by atoms with Crippen molar-refractivity contribution in [1.82, 2.24) is 29.4 Å². The molecule has 0 bridgehead atoms. The molecule has 144 valence electrons. The Morgan fingerprint density at radius 2 is 2.07 bits per heavy atom. The summed E-state index contributed by atoms with van der Waals surface area (Å²) in [5.41, 5.74) is 4.32. The van der Waals surface area contributed by atoms with Crippen LogP contribution in [0.2, 0.25) is 0 Å². The fraction of sp³-hybridized carbons (Fsp3) is 0.136. The summed E-state index contributed by atoms with van der Waals surface area (Å²) in [4.78, 5) is 24.4. The van der Waals surface area contributed by atoms with Crippen LogP contribution in [0.25, 0.3) is 21.8 Å². The minimum absolute atomic E-state index is 0.193. The van der Waals surface area contributed by atoms with Gasteiger partial charge in [-0.1, -0.05) is 12.1 Å². The highest BCUT2D eigenvalue weighted by atomic mass is 16.1. The van der Waals surface area contributed by atoms with Crippen LogP contribution in [-0.4, -0.2) is 30.0 Å². The zero-order valence-electron chi connectivity index (χ0n) is 16.0. The Morgan fingerprint density at radius 1 is 1.14 bits per heavy atom. The number of H-pyrrole nitrogens is 1. The number of carbonyl (C=O) groups excluding carboxylic acids is 1. The van der Waals surface area contributed by atoms with Crippen LogP contribution < -0.4 is 5.32 Å². The van der Waals surface area contributed by atoms with E-state index in [9.17, 15) is 4.79 Å². The lowest BCUT2D eigenvalue weighted by Crippen LogP contribution is -2.24. The molecule has 0 aliphatic rings. The van der Waals surface area contributed by atoms with Gasteiger partial charge >= 0.3 is 0 Å². The first kappa shape index (κ1) is 17.2. The maximum absolute atomic E-state index is 12.6. The Morgan fingerprint density at radius 3 is 2.93 bits per heavy atom. The number of hydrogen-bond donors (Lipinski definition) is 2. The Balaban J connectivity index is 1.36. The van der Waals surface area contributed by atoms with Crippen LogP contribution in [0.4, 0.5) is 0 Å². The van der Waals surface area contributed by atoms with Crippen LogP contribution in [0.5, 0.6) is 0 Å². The van der Waals surface area contributed by atoms with Crippen LogP contribution in [0.15, 0.2) is 67.5 Å². The first-order chi connectivity index (χ1) is 14.2. The van der Waals surface area contributed by atoms with Gasteiger partial charge < -0.3 is 19.4 Å². The lowest BCUT2D eigenvalue weighted by molar-refractivity contribution is 0.0947. The molecule has 0 saturated carbocycles. The highest BCUT2D eigenvalue weighted by molar-refractivity contribution is 6.03. The topological polar surface area (TPSA) is 80.5 Å². The van der Waals surface area contributed by atoms with Crippen molar-refractivity contribution in [2.45, 2.75) is 13.1 Å². The van der Waals surface area contributed by atoms with Crippen molar-refractivity contribution in [2.75, 3.05) is 0 Å². The molecule has 0 unspecified atom stereocenters. The molecule has 0 fully saturated rings. The molecule has 0 aliphatic heterocycles. The van der Waals surface area contributed by atoms with Gasteiger partial charge in [-0.15, -0.1) is 0 Å². The number of aryl methyl sites for hydroxylation is 1. The number of rotatable bonds is 5. The molecule has 29 heavy (non-hydrogen) atoms. The Labute approximate surface area is 167 Å². The summed E-state index contributed by atoms with van der Waals surface area (Å²) in [5.74, 6) is -0.193. The van der Waals surface area contributed by atoms with Crippen molar-refractivity contribution in [3.8, 4) is 0 Å². The van der Waals surface area contributed by atoms with Crippen LogP contribution in [0, 0.1) is 0 Å². The van der Waals surface area contributed by atoms with Gasteiger partial charge in [-0.25, -0.2) is 9.97 Å². The highest BCUT2D eigenvalue weighted by Gasteiger charge is 2.12. The van der Waals surface area contributed by atoms with Gasteiger partial charge in [-0.3, -0.25) is 4.79 Å². The van der Waals surface area contributed by atoms with E-state index in [0.717, 1.165) is 33.1 Å². The minimum Gasteiger partial charge on any atom is -0.359 e. The predicted molar refractivity (Wildman–Crippen MR) is 112 cm³/mol. The maximum atomic E-state index is 12.6. The van der Waals surface area contributed by atoms with E-state index in [1.165, 1.54) is 0 Å². The lowest BCUT2D eigenvalue weighted by atomic mass is 10.1. The third kappa shape index (κ3) is 3.27. The number of imidazole rings is 1. The van der Waals surface area contributed by atoms with E-state index in [1.54, 1.807) is 12.5 Å². The van der Waals surface area contributed by atoms with E-state index in [-0.39, 0.29) is 5.91 Å². The molecular weight excluding hydrogens is 364 g/mol. The first-order valence-electron chi connectivity index (χ1n) is 9.42. The highest BCUT2D eigenvalue weighted by Crippen LogP contribution is 2.19. The van der Waals surface area contributed by atoms with Gasteiger partial charge in [0.15, 0.2) is 5.69 Å². The van der Waals surface area contributed by atoms with E-state index < -0.39 is 0 Å². The van der Waals surface area contributed by atoms with Crippen molar-refractivity contribution in [3.63, 3.8) is 0 Å². The van der Waals surface area contributed by atoms with E-state index in [0.29, 0.717) is 18.8 Å². The summed E-state index contributed by atoms with van der Waals surface area (Å²) in [6, 6.07) is 12.1. The molecule has 0 saturated heterocycles. The lowest BCUT2D eigenvalue weighted by Gasteiger charge is -2.08. The second kappa shape index (κ2) is 6.94. The predicted octanol–water partition coefficient (Wildman–Crippen LogP) is 3.23. The fourth-order valence-electron chi connectivity index (χ4n) is 3.62. The monoisotopic (exact) mass is 384 g/mol. The second-order valence-corrected chi connectivity index (χ2v) is 7.15.